The third kappa shape index (κ3) is 3.35. The van der Waals surface area contributed by atoms with Crippen LogP contribution in [0.1, 0.15) is 77.7 Å². The van der Waals surface area contributed by atoms with Gasteiger partial charge >= 0.3 is 0 Å². The minimum absolute atomic E-state index is 0.236. The van der Waals surface area contributed by atoms with E-state index in [9.17, 15) is 8.42 Å². The number of methoxy groups -OCH3 is 1. The maximum Gasteiger partial charge on any atom is 0.276 e. The fourth-order valence-corrected chi connectivity index (χ4v) is 11.4. The van der Waals surface area contributed by atoms with E-state index in [-0.39, 0.29) is 10.8 Å². The van der Waals surface area contributed by atoms with Gasteiger partial charge in [0.2, 0.25) is 0 Å². The van der Waals surface area contributed by atoms with E-state index >= 15 is 0 Å². The maximum absolute atomic E-state index is 12.7. The smallest absolute Gasteiger partial charge is 0.276 e. The van der Waals surface area contributed by atoms with Gasteiger partial charge in [0, 0.05) is 18.7 Å². The highest BCUT2D eigenvalue weighted by Gasteiger charge is 2.77. The van der Waals surface area contributed by atoms with Gasteiger partial charge in [-0.3, -0.25) is 0 Å². The normalized spacial score (nSPS) is 46.0. The van der Waals surface area contributed by atoms with Crippen molar-refractivity contribution in [2.75, 3.05) is 7.11 Å². The molecular weight excluding hydrogens is 468 g/mol. The number of benzene rings is 1. The highest BCUT2D eigenvalue weighted by molar-refractivity contribution is 7.89. The van der Waals surface area contributed by atoms with Crippen LogP contribution in [0.4, 0.5) is 0 Å². The summed E-state index contributed by atoms with van der Waals surface area (Å²) in [6.07, 6.45) is 12.9. The number of rotatable bonds is 6. The number of sulfonamides is 1. The van der Waals surface area contributed by atoms with Crippen molar-refractivity contribution in [2.24, 2.45) is 56.9 Å². The van der Waals surface area contributed by atoms with Gasteiger partial charge in [0.15, 0.2) is 0 Å². The van der Waals surface area contributed by atoms with Gasteiger partial charge in [-0.15, -0.1) is 0 Å². The molecule has 198 valence electrons. The summed E-state index contributed by atoms with van der Waals surface area (Å²) in [6, 6.07) is 6.89. The van der Waals surface area contributed by atoms with E-state index in [4.69, 9.17) is 4.74 Å². The lowest BCUT2D eigenvalue weighted by molar-refractivity contribution is -0.160. The lowest BCUT2D eigenvalue weighted by Crippen LogP contribution is -2.57. The van der Waals surface area contributed by atoms with E-state index in [1.54, 1.807) is 12.1 Å². The van der Waals surface area contributed by atoms with Crippen molar-refractivity contribution in [3.63, 3.8) is 0 Å². The lowest BCUT2D eigenvalue weighted by Gasteiger charge is -2.61. The summed E-state index contributed by atoms with van der Waals surface area (Å²) in [4.78, 5) is 2.71. The van der Waals surface area contributed by atoms with Crippen LogP contribution in [-0.4, -0.2) is 27.8 Å². The van der Waals surface area contributed by atoms with Gasteiger partial charge in [-0.2, -0.15) is 13.5 Å². The third-order valence-electron chi connectivity index (χ3n) is 12.4. The van der Waals surface area contributed by atoms with E-state index in [2.05, 4.69) is 30.7 Å². The Kier molecular flexibility index (Phi) is 5.74. The highest BCUT2D eigenvalue weighted by Crippen LogP contribution is 2.82. The standard InChI is InChI=1S/C30H44N2O3S/c1-19-6-8-22(9-7-19)36(33,34)32-31-18-20(2)24-10-11-25-23-16-27(35-5)30-17-21(30)12-15-29(30,4)26(23)13-14-28(24,25)3/h6-9,18,20-21,23-27,32H,10-17H2,1-5H3/b31-18+/t20-,21-,23+,24-,25+,26+,27-,28-,29-,30+/m1/s1. The Hall–Kier alpha value is -1.40. The zero-order chi connectivity index (χ0) is 25.5. The van der Waals surface area contributed by atoms with Gasteiger partial charge in [-0.05, 0) is 117 Å². The van der Waals surface area contributed by atoms with Gasteiger partial charge < -0.3 is 4.74 Å². The minimum Gasteiger partial charge on any atom is -0.381 e. The SMILES string of the molecule is CO[C@@H]1C[C@H]2[C@@H]3CC[C@H]([C@H](C)/C=N/NS(=O)(=O)c4ccc(C)cc4)[C@@]3(C)CC[C@@H]2[C@@]2(C)CC[C@@H]3C[C@]312. The molecule has 0 aromatic heterocycles. The van der Waals surface area contributed by atoms with Crippen molar-refractivity contribution in [3.05, 3.63) is 29.8 Å². The predicted molar refractivity (Wildman–Crippen MR) is 143 cm³/mol. The number of hydrogen-bond donors (Lipinski definition) is 1. The number of nitrogens with zero attached hydrogens (tertiary/aromatic N) is 1. The molecular formula is C30H44N2O3S. The Bertz CT molecular complexity index is 1150. The summed E-state index contributed by atoms with van der Waals surface area (Å²) in [5.41, 5.74) is 2.27. The van der Waals surface area contributed by atoms with Crippen molar-refractivity contribution in [1.82, 2.24) is 4.83 Å². The molecule has 5 nitrogen and oxygen atoms in total. The quantitative estimate of drug-likeness (QED) is 0.366. The fourth-order valence-electron chi connectivity index (χ4n) is 10.6. The van der Waals surface area contributed by atoms with Crippen LogP contribution in [-0.2, 0) is 14.8 Å². The summed E-state index contributed by atoms with van der Waals surface area (Å²) in [5, 5.41) is 4.25. The molecule has 0 unspecified atom stereocenters. The molecule has 6 rings (SSSR count). The first kappa shape index (κ1) is 24.9. The van der Waals surface area contributed by atoms with Crippen molar-refractivity contribution >= 4 is 16.2 Å². The molecule has 0 saturated heterocycles. The van der Waals surface area contributed by atoms with Gasteiger partial charge in [-0.1, -0.05) is 38.5 Å². The number of fused-ring (bicyclic) bond motifs is 4. The Morgan fingerprint density at radius 1 is 1.08 bits per heavy atom. The number of nitrogens with one attached hydrogen (secondary N) is 1. The van der Waals surface area contributed by atoms with Crippen LogP contribution in [0.3, 0.4) is 0 Å². The second kappa shape index (κ2) is 8.30. The molecule has 5 aliphatic carbocycles. The zero-order valence-corrected chi connectivity index (χ0v) is 23.5. The van der Waals surface area contributed by atoms with Crippen LogP contribution >= 0.6 is 0 Å². The molecule has 36 heavy (non-hydrogen) atoms. The van der Waals surface area contributed by atoms with E-state index in [1.165, 1.54) is 51.4 Å². The van der Waals surface area contributed by atoms with Gasteiger partial charge in [-0.25, -0.2) is 4.83 Å². The first-order valence-electron chi connectivity index (χ1n) is 14.2. The summed E-state index contributed by atoms with van der Waals surface area (Å²) in [7, 11) is -1.68. The van der Waals surface area contributed by atoms with Crippen LogP contribution in [0.25, 0.3) is 0 Å². The van der Waals surface area contributed by atoms with Gasteiger partial charge in [0.1, 0.15) is 0 Å². The molecule has 1 N–H and O–H groups in total. The molecule has 5 saturated carbocycles. The maximum atomic E-state index is 12.7. The Morgan fingerprint density at radius 3 is 2.53 bits per heavy atom. The second-order valence-electron chi connectivity index (χ2n) is 13.5. The second-order valence-corrected chi connectivity index (χ2v) is 15.2. The average molecular weight is 513 g/mol. The molecule has 6 heteroatoms. The minimum atomic E-state index is -3.64. The topological polar surface area (TPSA) is 67.8 Å². The monoisotopic (exact) mass is 512 g/mol. The van der Waals surface area contributed by atoms with E-state index in [0.29, 0.717) is 28.3 Å². The highest BCUT2D eigenvalue weighted by atomic mass is 32.2. The van der Waals surface area contributed by atoms with Crippen molar-refractivity contribution in [1.29, 1.82) is 0 Å². The summed E-state index contributed by atoms with van der Waals surface area (Å²) in [6.45, 7) is 9.35. The van der Waals surface area contributed by atoms with E-state index in [1.807, 2.05) is 32.4 Å². The third-order valence-corrected chi connectivity index (χ3v) is 13.6. The van der Waals surface area contributed by atoms with E-state index in [0.717, 1.165) is 29.2 Å². The first-order chi connectivity index (χ1) is 17.1. The van der Waals surface area contributed by atoms with Crippen LogP contribution in [0.2, 0.25) is 0 Å². The Morgan fingerprint density at radius 2 is 1.83 bits per heavy atom. The Labute approximate surface area is 217 Å². The molecule has 0 radical (unpaired) electrons. The number of hydrazone groups is 1. The molecule has 5 aliphatic rings. The summed E-state index contributed by atoms with van der Waals surface area (Å²) in [5.74, 6) is 4.04. The van der Waals surface area contributed by atoms with Crippen LogP contribution in [0.15, 0.2) is 34.3 Å². The molecule has 0 bridgehead atoms. The molecule has 0 heterocycles. The van der Waals surface area contributed by atoms with Gasteiger partial charge in [0.05, 0.1) is 11.0 Å². The molecule has 1 aromatic rings. The van der Waals surface area contributed by atoms with Crippen molar-refractivity contribution in [2.45, 2.75) is 90.1 Å². The lowest BCUT2D eigenvalue weighted by atomic mass is 9.45. The van der Waals surface area contributed by atoms with Crippen LogP contribution < -0.4 is 4.83 Å². The van der Waals surface area contributed by atoms with Gasteiger partial charge in [0.25, 0.3) is 10.0 Å². The molecule has 1 aromatic carbocycles. The molecule has 1 spiro atoms. The Balaban J connectivity index is 1.17. The molecule has 0 amide bonds. The van der Waals surface area contributed by atoms with Crippen molar-refractivity contribution in [3.8, 4) is 0 Å². The number of aryl methyl sites for hydroxylation is 1. The number of ether oxygens (including phenoxy) is 1. The van der Waals surface area contributed by atoms with E-state index < -0.39 is 10.0 Å². The fraction of sp³-hybridized carbons (Fsp3) is 0.767. The van der Waals surface area contributed by atoms with Crippen LogP contribution in [0.5, 0.6) is 0 Å². The average Bonchev–Trinajstić information content (AvgIpc) is 3.35. The zero-order valence-electron chi connectivity index (χ0n) is 22.7. The van der Waals surface area contributed by atoms with Crippen LogP contribution in [0, 0.1) is 58.7 Å². The molecule has 10 atom stereocenters. The first-order valence-corrected chi connectivity index (χ1v) is 15.7. The summed E-state index contributed by atoms with van der Waals surface area (Å²) < 4.78 is 31.6. The number of hydrogen-bond acceptors (Lipinski definition) is 4. The molecule has 5 fully saturated rings. The van der Waals surface area contributed by atoms with Crippen molar-refractivity contribution < 1.29 is 13.2 Å². The molecule has 0 aliphatic heterocycles. The largest absolute Gasteiger partial charge is 0.381 e. The summed E-state index contributed by atoms with van der Waals surface area (Å²) >= 11 is 0. The predicted octanol–water partition coefficient (Wildman–Crippen LogP) is 6.18.